The fraction of sp³-hybridized carbons (Fsp3) is 0.455. The molecule has 6 nitrogen and oxygen atoms in total. The molecule has 1 amide bonds. The van der Waals surface area contributed by atoms with Crippen molar-refractivity contribution in [2.75, 3.05) is 0 Å². The molecule has 0 unspecified atom stereocenters. The molecule has 2 aromatic rings. The summed E-state index contributed by atoms with van der Waals surface area (Å²) in [6, 6.07) is -0.173. The summed E-state index contributed by atoms with van der Waals surface area (Å²) in [5.74, 6) is 0.644. The Morgan fingerprint density at radius 2 is 2.44 bits per heavy atom. The van der Waals surface area contributed by atoms with Gasteiger partial charge in [0.05, 0.1) is 17.7 Å². The van der Waals surface area contributed by atoms with Gasteiger partial charge in [0, 0.05) is 6.54 Å². The predicted octanol–water partition coefficient (Wildman–Crippen LogP) is 1.64. The van der Waals surface area contributed by atoms with Gasteiger partial charge in [-0.25, -0.2) is 9.67 Å². The second kappa shape index (κ2) is 5.72. The van der Waals surface area contributed by atoms with Crippen molar-refractivity contribution in [3.63, 3.8) is 0 Å². The molecule has 96 valence electrons. The van der Waals surface area contributed by atoms with Gasteiger partial charge in [0.15, 0.2) is 0 Å². The third-order valence-corrected chi connectivity index (χ3v) is 3.24. The first-order valence-electron chi connectivity index (χ1n) is 5.79. The van der Waals surface area contributed by atoms with Gasteiger partial charge in [-0.2, -0.15) is 5.10 Å². The summed E-state index contributed by atoms with van der Waals surface area (Å²) in [6.45, 7) is 4.78. The largest absolute Gasteiger partial charge is 0.342 e. The first kappa shape index (κ1) is 12.7. The fourth-order valence-electron chi connectivity index (χ4n) is 1.65. The molecule has 1 N–H and O–H groups in total. The molecule has 0 spiro atoms. The van der Waals surface area contributed by atoms with E-state index in [-0.39, 0.29) is 11.9 Å². The zero-order valence-electron chi connectivity index (χ0n) is 10.3. The van der Waals surface area contributed by atoms with Gasteiger partial charge in [0.25, 0.3) is 5.91 Å². The SMILES string of the molecule is CCCn1ncnc1[C@H](C)NC(=O)c1cncs1. The monoisotopic (exact) mass is 265 g/mol. The van der Waals surface area contributed by atoms with Crippen LogP contribution in [0.4, 0.5) is 0 Å². The minimum Gasteiger partial charge on any atom is -0.342 e. The van der Waals surface area contributed by atoms with Crippen LogP contribution < -0.4 is 5.32 Å². The Hall–Kier alpha value is -1.76. The number of carbonyl (C=O) groups is 1. The minimum absolute atomic E-state index is 0.129. The van der Waals surface area contributed by atoms with E-state index in [1.165, 1.54) is 17.7 Å². The molecular weight excluding hydrogens is 250 g/mol. The third kappa shape index (κ3) is 2.73. The Bertz CT molecular complexity index is 507. The maximum absolute atomic E-state index is 11.9. The highest BCUT2D eigenvalue weighted by Crippen LogP contribution is 2.12. The Kier molecular flexibility index (Phi) is 4.03. The molecular formula is C11H15N5OS. The maximum atomic E-state index is 11.9. The lowest BCUT2D eigenvalue weighted by molar-refractivity contribution is 0.0941. The highest BCUT2D eigenvalue weighted by atomic mass is 32.1. The van der Waals surface area contributed by atoms with Crippen LogP contribution in [0.1, 0.15) is 41.8 Å². The number of thiazole rings is 1. The second-order valence-electron chi connectivity index (χ2n) is 3.90. The average molecular weight is 265 g/mol. The number of amides is 1. The van der Waals surface area contributed by atoms with E-state index in [0.29, 0.717) is 4.88 Å². The summed E-state index contributed by atoms with van der Waals surface area (Å²) < 4.78 is 1.82. The molecule has 0 saturated heterocycles. The summed E-state index contributed by atoms with van der Waals surface area (Å²) >= 11 is 1.32. The lowest BCUT2D eigenvalue weighted by Gasteiger charge is -2.13. The van der Waals surface area contributed by atoms with Crippen molar-refractivity contribution >= 4 is 17.2 Å². The van der Waals surface area contributed by atoms with Gasteiger partial charge in [0.1, 0.15) is 17.0 Å². The predicted molar refractivity (Wildman–Crippen MR) is 68.3 cm³/mol. The van der Waals surface area contributed by atoms with Gasteiger partial charge < -0.3 is 5.32 Å². The van der Waals surface area contributed by atoms with E-state index in [1.54, 1.807) is 11.7 Å². The molecule has 1 atom stereocenters. The molecule has 0 aliphatic rings. The number of aromatic nitrogens is 4. The smallest absolute Gasteiger partial charge is 0.263 e. The Morgan fingerprint density at radius 3 is 3.11 bits per heavy atom. The number of hydrogen-bond acceptors (Lipinski definition) is 5. The molecule has 18 heavy (non-hydrogen) atoms. The first-order chi connectivity index (χ1) is 8.72. The van der Waals surface area contributed by atoms with Gasteiger partial charge in [-0.05, 0) is 13.3 Å². The average Bonchev–Trinajstić information content (AvgIpc) is 3.00. The number of carbonyl (C=O) groups excluding carboxylic acids is 1. The highest BCUT2D eigenvalue weighted by molar-refractivity contribution is 7.11. The molecule has 0 aromatic carbocycles. The number of nitrogens with one attached hydrogen (secondary N) is 1. The van der Waals surface area contributed by atoms with E-state index in [9.17, 15) is 4.79 Å². The van der Waals surface area contributed by atoms with Gasteiger partial charge in [0.2, 0.25) is 0 Å². The van der Waals surface area contributed by atoms with Crippen LogP contribution in [0.15, 0.2) is 18.0 Å². The Morgan fingerprint density at radius 1 is 1.61 bits per heavy atom. The lowest BCUT2D eigenvalue weighted by Crippen LogP contribution is -2.28. The second-order valence-corrected chi connectivity index (χ2v) is 4.79. The van der Waals surface area contributed by atoms with Crippen molar-refractivity contribution in [1.29, 1.82) is 0 Å². The Labute approximate surface area is 109 Å². The standard InChI is InChI=1S/C11H15N5OS/c1-3-4-16-10(13-6-14-16)8(2)15-11(17)9-5-12-7-18-9/h5-8H,3-4H2,1-2H3,(H,15,17)/t8-/m0/s1. The maximum Gasteiger partial charge on any atom is 0.263 e. The normalized spacial score (nSPS) is 12.3. The van der Waals surface area contributed by atoms with Crippen molar-refractivity contribution in [2.45, 2.75) is 32.9 Å². The molecule has 0 radical (unpaired) electrons. The number of hydrogen-bond donors (Lipinski definition) is 1. The summed E-state index contributed by atoms with van der Waals surface area (Å²) in [4.78, 5) is 20.6. The van der Waals surface area contributed by atoms with E-state index in [4.69, 9.17) is 0 Å². The molecule has 0 fully saturated rings. The van der Waals surface area contributed by atoms with Crippen LogP contribution in [0.25, 0.3) is 0 Å². The van der Waals surface area contributed by atoms with Crippen LogP contribution in [-0.2, 0) is 6.54 Å². The van der Waals surface area contributed by atoms with Gasteiger partial charge in [-0.3, -0.25) is 9.78 Å². The number of rotatable bonds is 5. The van der Waals surface area contributed by atoms with Crippen LogP contribution >= 0.6 is 11.3 Å². The topological polar surface area (TPSA) is 72.7 Å². The molecule has 0 saturated carbocycles. The van der Waals surface area contributed by atoms with Crippen molar-refractivity contribution < 1.29 is 4.79 Å². The zero-order valence-corrected chi connectivity index (χ0v) is 11.1. The van der Waals surface area contributed by atoms with Crippen molar-refractivity contribution in [1.82, 2.24) is 25.1 Å². The molecule has 2 heterocycles. The molecule has 0 aliphatic heterocycles. The van der Waals surface area contributed by atoms with Crippen molar-refractivity contribution in [3.05, 3.63) is 28.7 Å². The number of aryl methyl sites for hydroxylation is 1. The van der Waals surface area contributed by atoms with E-state index >= 15 is 0 Å². The van der Waals surface area contributed by atoms with Crippen molar-refractivity contribution in [2.24, 2.45) is 0 Å². The van der Waals surface area contributed by atoms with Crippen molar-refractivity contribution in [3.8, 4) is 0 Å². The first-order valence-corrected chi connectivity index (χ1v) is 6.67. The quantitative estimate of drug-likeness (QED) is 0.892. The van der Waals surface area contributed by atoms with Gasteiger partial charge in [-0.15, -0.1) is 11.3 Å². The van der Waals surface area contributed by atoms with Crippen LogP contribution in [0.3, 0.4) is 0 Å². The molecule has 2 aromatic heterocycles. The highest BCUT2D eigenvalue weighted by Gasteiger charge is 2.16. The van der Waals surface area contributed by atoms with Crippen LogP contribution in [0.5, 0.6) is 0 Å². The van der Waals surface area contributed by atoms with Gasteiger partial charge >= 0.3 is 0 Å². The van der Waals surface area contributed by atoms with Crippen LogP contribution in [0.2, 0.25) is 0 Å². The van der Waals surface area contributed by atoms with E-state index in [1.807, 2.05) is 11.6 Å². The summed E-state index contributed by atoms with van der Waals surface area (Å²) in [6.07, 6.45) is 4.05. The van der Waals surface area contributed by atoms with E-state index < -0.39 is 0 Å². The third-order valence-electron chi connectivity index (χ3n) is 2.47. The zero-order chi connectivity index (χ0) is 13.0. The molecule has 7 heteroatoms. The molecule has 2 rings (SSSR count). The Balaban J connectivity index is 2.05. The summed E-state index contributed by atoms with van der Waals surface area (Å²) in [5.41, 5.74) is 1.64. The lowest BCUT2D eigenvalue weighted by atomic mass is 10.3. The molecule has 0 aliphatic carbocycles. The van der Waals surface area contributed by atoms with Crippen LogP contribution in [0, 0.1) is 0 Å². The van der Waals surface area contributed by atoms with E-state index in [0.717, 1.165) is 18.8 Å². The fourth-order valence-corrected chi connectivity index (χ4v) is 2.18. The number of nitrogens with zero attached hydrogens (tertiary/aromatic N) is 4. The van der Waals surface area contributed by atoms with Gasteiger partial charge in [-0.1, -0.05) is 6.92 Å². The summed E-state index contributed by atoms with van der Waals surface area (Å²) in [5, 5.41) is 7.03. The summed E-state index contributed by atoms with van der Waals surface area (Å²) in [7, 11) is 0. The minimum atomic E-state index is -0.173. The molecule has 0 bridgehead atoms. The van der Waals surface area contributed by atoms with Crippen LogP contribution in [-0.4, -0.2) is 25.7 Å². The van der Waals surface area contributed by atoms with E-state index in [2.05, 4.69) is 27.3 Å².